The number of nitrogens with zero attached hydrogens (tertiary/aromatic N) is 5. The van der Waals surface area contributed by atoms with Crippen molar-refractivity contribution in [3.63, 3.8) is 0 Å². The summed E-state index contributed by atoms with van der Waals surface area (Å²) in [4.78, 5) is 18.7. The highest BCUT2D eigenvalue weighted by atomic mass is 16.5. The van der Waals surface area contributed by atoms with E-state index < -0.39 is 0 Å². The van der Waals surface area contributed by atoms with E-state index in [0.717, 1.165) is 67.7 Å². The van der Waals surface area contributed by atoms with Gasteiger partial charge in [-0.2, -0.15) is 0 Å². The molecular formula is C22H28N6O2. The Bertz CT molecular complexity index is 1080. The highest BCUT2D eigenvalue weighted by molar-refractivity contribution is 5.82. The summed E-state index contributed by atoms with van der Waals surface area (Å²) in [7, 11) is 0. The highest BCUT2D eigenvalue weighted by Gasteiger charge is 2.32. The number of hydrogen-bond acceptors (Lipinski definition) is 6. The van der Waals surface area contributed by atoms with Gasteiger partial charge in [0.25, 0.3) is 5.56 Å². The number of benzene rings is 1. The Morgan fingerprint density at radius 1 is 1.23 bits per heavy atom. The van der Waals surface area contributed by atoms with E-state index in [1.54, 1.807) is 0 Å². The molecule has 0 bridgehead atoms. The number of tetrazole rings is 1. The van der Waals surface area contributed by atoms with E-state index in [0.29, 0.717) is 12.1 Å². The summed E-state index contributed by atoms with van der Waals surface area (Å²) < 4.78 is 7.65. The average Bonchev–Trinajstić information content (AvgIpc) is 3.43. The summed E-state index contributed by atoms with van der Waals surface area (Å²) >= 11 is 0. The van der Waals surface area contributed by atoms with Crippen LogP contribution in [-0.2, 0) is 11.3 Å². The lowest BCUT2D eigenvalue weighted by molar-refractivity contribution is 0.0902. The van der Waals surface area contributed by atoms with Crippen molar-refractivity contribution in [2.45, 2.75) is 57.7 Å². The summed E-state index contributed by atoms with van der Waals surface area (Å²) in [5, 5.41) is 13.7. The SMILES string of the molecule is Cc1cccc2cc([C@H](c3nnnn3C[C@@H]3CCCO3)N3CCCCC3)c(=O)[nH]c12. The Labute approximate surface area is 175 Å². The molecule has 30 heavy (non-hydrogen) atoms. The van der Waals surface area contributed by atoms with Gasteiger partial charge in [0.2, 0.25) is 0 Å². The Morgan fingerprint density at radius 2 is 2.10 bits per heavy atom. The summed E-state index contributed by atoms with van der Waals surface area (Å²) in [5.74, 6) is 0.727. The van der Waals surface area contributed by atoms with E-state index in [1.807, 2.05) is 35.9 Å². The van der Waals surface area contributed by atoms with Gasteiger partial charge in [-0.1, -0.05) is 24.6 Å². The minimum Gasteiger partial charge on any atom is -0.376 e. The Balaban J connectivity index is 1.60. The first-order chi connectivity index (χ1) is 14.7. The molecule has 3 aromatic rings. The minimum absolute atomic E-state index is 0.0703. The predicted octanol–water partition coefficient (Wildman–Crippen LogP) is 2.58. The van der Waals surface area contributed by atoms with Gasteiger partial charge in [-0.25, -0.2) is 4.68 Å². The second kappa shape index (κ2) is 8.28. The molecule has 4 heterocycles. The van der Waals surface area contributed by atoms with Crippen LogP contribution in [0.3, 0.4) is 0 Å². The molecule has 2 fully saturated rings. The van der Waals surface area contributed by atoms with E-state index in [1.165, 1.54) is 6.42 Å². The van der Waals surface area contributed by atoms with Crippen LogP contribution in [0.5, 0.6) is 0 Å². The summed E-state index contributed by atoms with van der Waals surface area (Å²) in [6.45, 7) is 5.30. The van der Waals surface area contributed by atoms with Crippen LogP contribution < -0.4 is 5.56 Å². The van der Waals surface area contributed by atoms with Crippen LogP contribution in [-0.4, -0.2) is 55.9 Å². The number of aromatic amines is 1. The number of rotatable bonds is 5. The van der Waals surface area contributed by atoms with Crippen LogP contribution in [0.2, 0.25) is 0 Å². The molecule has 0 saturated carbocycles. The molecule has 2 aromatic heterocycles. The predicted molar refractivity (Wildman–Crippen MR) is 113 cm³/mol. The number of pyridine rings is 1. The van der Waals surface area contributed by atoms with Crippen molar-refractivity contribution >= 4 is 10.9 Å². The molecule has 1 N–H and O–H groups in total. The number of para-hydroxylation sites is 1. The maximum Gasteiger partial charge on any atom is 0.253 e. The third kappa shape index (κ3) is 3.65. The number of hydrogen-bond donors (Lipinski definition) is 1. The zero-order valence-corrected chi connectivity index (χ0v) is 17.4. The number of ether oxygens (including phenoxy) is 1. The summed E-state index contributed by atoms with van der Waals surface area (Å²) in [6, 6.07) is 7.84. The van der Waals surface area contributed by atoms with Gasteiger partial charge in [0.15, 0.2) is 5.82 Å². The van der Waals surface area contributed by atoms with Crippen molar-refractivity contribution in [2.75, 3.05) is 19.7 Å². The smallest absolute Gasteiger partial charge is 0.253 e. The number of likely N-dealkylation sites (tertiary alicyclic amines) is 1. The fourth-order valence-corrected chi connectivity index (χ4v) is 4.80. The lowest BCUT2D eigenvalue weighted by atomic mass is 9.99. The molecule has 0 unspecified atom stereocenters. The molecular weight excluding hydrogens is 380 g/mol. The monoisotopic (exact) mass is 408 g/mol. The second-order valence-electron chi connectivity index (χ2n) is 8.45. The zero-order chi connectivity index (χ0) is 20.5. The quantitative estimate of drug-likeness (QED) is 0.698. The first-order valence-corrected chi connectivity index (χ1v) is 10.9. The lowest BCUT2D eigenvalue weighted by Gasteiger charge is -2.33. The first-order valence-electron chi connectivity index (χ1n) is 10.9. The molecule has 2 aliphatic heterocycles. The molecule has 1 aromatic carbocycles. The maximum atomic E-state index is 13.2. The van der Waals surface area contributed by atoms with Gasteiger partial charge in [0.05, 0.1) is 18.2 Å². The summed E-state index contributed by atoms with van der Waals surface area (Å²) in [5.41, 5.74) is 2.59. The fourth-order valence-electron chi connectivity index (χ4n) is 4.80. The van der Waals surface area contributed by atoms with Crippen molar-refractivity contribution < 1.29 is 4.74 Å². The van der Waals surface area contributed by atoms with Gasteiger partial charge >= 0.3 is 0 Å². The van der Waals surface area contributed by atoms with E-state index >= 15 is 0 Å². The molecule has 0 radical (unpaired) electrons. The van der Waals surface area contributed by atoms with Crippen molar-refractivity contribution in [1.29, 1.82) is 0 Å². The molecule has 158 valence electrons. The molecule has 0 aliphatic carbocycles. The number of fused-ring (bicyclic) bond motifs is 1. The first kappa shape index (κ1) is 19.4. The normalized spacial score (nSPS) is 21.3. The van der Waals surface area contributed by atoms with Gasteiger partial charge in [0, 0.05) is 12.2 Å². The van der Waals surface area contributed by atoms with Crippen LogP contribution in [0.1, 0.15) is 55.1 Å². The van der Waals surface area contributed by atoms with Crippen molar-refractivity contribution in [2.24, 2.45) is 0 Å². The number of nitrogens with one attached hydrogen (secondary N) is 1. The van der Waals surface area contributed by atoms with E-state index in [-0.39, 0.29) is 17.7 Å². The maximum absolute atomic E-state index is 13.2. The number of H-pyrrole nitrogens is 1. The van der Waals surface area contributed by atoms with Gasteiger partial charge in [0.1, 0.15) is 6.04 Å². The van der Waals surface area contributed by atoms with Crippen LogP contribution in [0.15, 0.2) is 29.1 Å². The lowest BCUT2D eigenvalue weighted by Crippen LogP contribution is -2.39. The molecule has 0 spiro atoms. The summed E-state index contributed by atoms with van der Waals surface area (Å²) in [6.07, 6.45) is 5.68. The zero-order valence-electron chi connectivity index (χ0n) is 17.4. The standard InChI is InChI=1S/C22H28N6O2/c1-15-7-5-8-16-13-18(22(29)23-19(15)16)20(27-10-3-2-4-11-27)21-24-25-26-28(21)14-17-9-6-12-30-17/h5,7-8,13,17,20H,2-4,6,9-12,14H2,1H3,(H,23,29)/t17-,20+/m0/s1. The Kier molecular flexibility index (Phi) is 5.35. The minimum atomic E-state index is -0.268. The third-order valence-electron chi connectivity index (χ3n) is 6.37. The van der Waals surface area contributed by atoms with Crippen LogP contribution in [0.4, 0.5) is 0 Å². The molecule has 5 rings (SSSR count). The van der Waals surface area contributed by atoms with Crippen molar-refractivity contribution in [3.8, 4) is 0 Å². The molecule has 0 amide bonds. The topological polar surface area (TPSA) is 88.9 Å². The number of piperidine rings is 1. The van der Waals surface area contributed by atoms with Crippen molar-refractivity contribution in [1.82, 2.24) is 30.1 Å². The van der Waals surface area contributed by atoms with Crippen LogP contribution in [0, 0.1) is 6.92 Å². The van der Waals surface area contributed by atoms with Gasteiger partial charge in [-0.3, -0.25) is 9.69 Å². The van der Waals surface area contributed by atoms with Gasteiger partial charge in [-0.05, 0) is 73.1 Å². The largest absolute Gasteiger partial charge is 0.376 e. The third-order valence-corrected chi connectivity index (χ3v) is 6.37. The van der Waals surface area contributed by atoms with Gasteiger partial charge < -0.3 is 9.72 Å². The van der Waals surface area contributed by atoms with Crippen LogP contribution >= 0.6 is 0 Å². The fraction of sp³-hybridized carbons (Fsp3) is 0.545. The number of aromatic nitrogens is 5. The van der Waals surface area contributed by atoms with E-state index in [2.05, 4.69) is 25.4 Å². The second-order valence-corrected chi connectivity index (χ2v) is 8.45. The highest BCUT2D eigenvalue weighted by Crippen LogP contribution is 2.30. The molecule has 8 heteroatoms. The van der Waals surface area contributed by atoms with Gasteiger partial charge in [-0.15, -0.1) is 5.10 Å². The molecule has 8 nitrogen and oxygen atoms in total. The Morgan fingerprint density at radius 3 is 2.90 bits per heavy atom. The molecule has 2 atom stereocenters. The average molecular weight is 409 g/mol. The Hall–Kier alpha value is -2.58. The van der Waals surface area contributed by atoms with E-state index in [9.17, 15) is 4.79 Å². The number of aryl methyl sites for hydroxylation is 1. The molecule has 2 saturated heterocycles. The van der Waals surface area contributed by atoms with Crippen molar-refractivity contribution in [3.05, 3.63) is 51.6 Å². The van der Waals surface area contributed by atoms with Crippen LogP contribution in [0.25, 0.3) is 10.9 Å². The molecule has 2 aliphatic rings. The van der Waals surface area contributed by atoms with E-state index in [4.69, 9.17) is 4.74 Å².